The Morgan fingerprint density at radius 3 is 3.29 bits per heavy atom. The van der Waals surface area contributed by atoms with E-state index in [9.17, 15) is 0 Å². The van der Waals surface area contributed by atoms with E-state index in [2.05, 4.69) is 18.0 Å². The second-order valence-electron chi connectivity index (χ2n) is 4.64. The third-order valence-corrected chi connectivity index (χ3v) is 3.55. The van der Waals surface area contributed by atoms with E-state index in [0.29, 0.717) is 0 Å². The van der Waals surface area contributed by atoms with Crippen LogP contribution in [0.15, 0.2) is 24.0 Å². The summed E-state index contributed by atoms with van der Waals surface area (Å²) in [5.41, 5.74) is 6.26. The molecule has 2 aliphatic carbocycles. The molecule has 1 atom stereocenters. The number of rotatable bonds is 0. The topological polar surface area (TPSA) is 12.9 Å². The number of nitrogens with zero attached hydrogens (tertiary/aromatic N) is 1. The normalized spacial score (nSPS) is 24.8. The third-order valence-electron chi connectivity index (χ3n) is 3.55. The van der Waals surface area contributed by atoms with Crippen LogP contribution >= 0.6 is 0 Å². The number of allylic oxidation sites excluding steroid dienone is 2. The Morgan fingerprint density at radius 2 is 2.36 bits per heavy atom. The molecule has 1 aromatic heterocycles. The highest BCUT2D eigenvalue weighted by atomic mass is 14.6. The van der Waals surface area contributed by atoms with Gasteiger partial charge in [-0.3, -0.25) is 4.98 Å². The predicted octanol–water partition coefficient (Wildman–Crippen LogP) is 3.21. The van der Waals surface area contributed by atoms with Crippen molar-refractivity contribution in [3.63, 3.8) is 0 Å². The van der Waals surface area contributed by atoms with Crippen LogP contribution in [0, 0.1) is 5.92 Å². The summed E-state index contributed by atoms with van der Waals surface area (Å²) in [5, 5.41) is 0. The zero-order valence-corrected chi connectivity index (χ0v) is 8.59. The summed E-state index contributed by atoms with van der Waals surface area (Å²) in [6.45, 7) is 2.36. The minimum atomic E-state index is 0.868. The fourth-order valence-corrected chi connectivity index (χ4v) is 2.75. The number of fused-ring (bicyclic) bond motifs is 2. The van der Waals surface area contributed by atoms with Crippen molar-refractivity contribution in [1.29, 1.82) is 0 Å². The van der Waals surface area contributed by atoms with Gasteiger partial charge in [-0.25, -0.2) is 0 Å². The number of hydrogen-bond acceptors (Lipinski definition) is 1. The van der Waals surface area contributed by atoms with Crippen LogP contribution in [0.2, 0.25) is 0 Å². The standard InChI is InChI=1S/C13H15N/c1-9-2-3-10-7-11-8-14-5-4-12(11)13(10)6-9/h4-5,8-9H,2-3,6-7H2,1H3. The molecule has 14 heavy (non-hydrogen) atoms. The first-order chi connectivity index (χ1) is 6.84. The van der Waals surface area contributed by atoms with E-state index in [1.165, 1.54) is 36.8 Å². The summed E-state index contributed by atoms with van der Waals surface area (Å²) in [6.07, 6.45) is 9.11. The van der Waals surface area contributed by atoms with Crippen molar-refractivity contribution >= 4 is 5.57 Å². The van der Waals surface area contributed by atoms with Gasteiger partial charge in [0.05, 0.1) is 0 Å². The van der Waals surface area contributed by atoms with Gasteiger partial charge in [-0.15, -0.1) is 0 Å². The Hall–Kier alpha value is -1.11. The van der Waals surface area contributed by atoms with E-state index in [1.54, 1.807) is 11.1 Å². The maximum Gasteiger partial charge on any atom is 0.0309 e. The molecule has 0 aliphatic heterocycles. The van der Waals surface area contributed by atoms with Gasteiger partial charge in [-0.1, -0.05) is 12.5 Å². The molecule has 72 valence electrons. The molecule has 1 aromatic rings. The lowest BCUT2D eigenvalue weighted by Gasteiger charge is -2.20. The van der Waals surface area contributed by atoms with Crippen molar-refractivity contribution in [1.82, 2.24) is 4.98 Å². The fraction of sp³-hybridized carbons (Fsp3) is 0.462. The van der Waals surface area contributed by atoms with Crippen LogP contribution in [0.5, 0.6) is 0 Å². The second-order valence-corrected chi connectivity index (χ2v) is 4.64. The summed E-state index contributed by atoms with van der Waals surface area (Å²) < 4.78 is 0. The van der Waals surface area contributed by atoms with Crippen LogP contribution in [-0.2, 0) is 6.42 Å². The first-order valence-electron chi connectivity index (χ1n) is 5.49. The third kappa shape index (κ3) is 1.12. The number of aromatic nitrogens is 1. The lowest BCUT2D eigenvalue weighted by Crippen LogP contribution is -2.03. The van der Waals surface area contributed by atoms with Gasteiger partial charge in [0.15, 0.2) is 0 Å². The van der Waals surface area contributed by atoms with Gasteiger partial charge in [0.2, 0.25) is 0 Å². The molecule has 0 N–H and O–H groups in total. The van der Waals surface area contributed by atoms with E-state index in [4.69, 9.17) is 0 Å². The Kier molecular flexibility index (Phi) is 1.73. The zero-order chi connectivity index (χ0) is 9.54. The van der Waals surface area contributed by atoms with Gasteiger partial charge in [-0.05, 0) is 54.4 Å². The summed E-state index contributed by atoms with van der Waals surface area (Å²) in [7, 11) is 0. The second kappa shape index (κ2) is 2.94. The lowest BCUT2D eigenvalue weighted by atomic mass is 9.85. The van der Waals surface area contributed by atoms with Crippen LogP contribution in [0.3, 0.4) is 0 Å². The van der Waals surface area contributed by atoms with Crippen molar-refractivity contribution in [2.75, 3.05) is 0 Å². The van der Waals surface area contributed by atoms with E-state index in [0.717, 1.165) is 5.92 Å². The van der Waals surface area contributed by atoms with Gasteiger partial charge in [0.1, 0.15) is 0 Å². The molecule has 0 spiro atoms. The molecule has 0 saturated heterocycles. The predicted molar refractivity (Wildman–Crippen MR) is 57.9 cm³/mol. The van der Waals surface area contributed by atoms with Crippen molar-refractivity contribution in [2.45, 2.75) is 32.6 Å². The van der Waals surface area contributed by atoms with Gasteiger partial charge < -0.3 is 0 Å². The highest BCUT2D eigenvalue weighted by Gasteiger charge is 2.25. The van der Waals surface area contributed by atoms with Crippen molar-refractivity contribution in [3.8, 4) is 0 Å². The average molecular weight is 185 g/mol. The lowest BCUT2D eigenvalue weighted by molar-refractivity contribution is 0.524. The van der Waals surface area contributed by atoms with Crippen molar-refractivity contribution < 1.29 is 0 Å². The van der Waals surface area contributed by atoms with Crippen molar-refractivity contribution in [3.05, 3.63) is 35.2 Å². The molecule has 2 aliphatic rings. The molecule has 0 radical (unpaired) electrons. The van der Waals surface area contributed by atoms with Crippen LogP contribution < -0.4 is 0 Å². The summed E-state index contributed by atoms with van der Waals surface area (Å²) in [4.78, 5) is 4.21. The highest BCUT2D eigenvalue weighted by molar-refractivity contribution is 5.76. The first kappa shape index (κ1) is 8.22. The molecular weight excluding hydrogens is 170 g/mol. The van der Waals surface area contributed by atoms with Crippen LogP contribution in [0.4, 0.5) is 0 Å². The summed E-state index contributed by atoms with van der Waals surface area (Å²) >= 11 is 0. The smallest absolute Gasteiger partial charge is 0.0309 e. The molecule has 3 rings (SSSR count). The van der Waals surface area contributed by atoms with E-state index >= 15 is 0 Å². The maximum absolute atomic E-state index is 4.21. The van der Waals surface area contributed by atoms with E-state index in [-0.39, 0.29) is 0 Å². The first-order valence-corrected chi connectivity index (χ1v) is 5.49. The molecule has 1 unspecified atom stereocenters. The van der Waals surface area contributed by atoms with E-state index in [1.807, 2.05) is 12.4 Å². The minimum Gasteiger partial charge on any atom is -0.264 e. The van der Waals surface area contributed by atoms with Crippen LogP contribution in [-0.4, -0.2) is 4.98 Å². The molecule has 0 fully saturated rings. The SMILES string of the molecule is CC1CCC2=C(C1)c1ccncc1C2. The van der Waals surface area contributed by atoms with Crippen LogP contribution in [0.1, 0.15) is 37.3 Å². The Bertz CT molecular complexity index is 403. The maximum atomic E-state index is 4.21. The number of pyridine rings is 1. The van der Waals surface area contributed by atoms with Crippen LogP contribution in [0.25, 0.3) is 5.57 Å². The summed E-state index contributed by atoms with van der Waals surface area (Å²) in [6, 6.07) is 2.19. The number of hydrogen-bond donors (Lipinski definition) is 0. The molecule has 1 heteroatoms. The average Bonchev–Trinajstić information content (AvgIpc) is 2.56. The quantitative estimate of drug-likeness (QED) is 0.604. The molecule has 0 bridgehead atoms. The molecule has 0 saturated carbocycles. The molecular formula is C13H15N. The van der Waals surface area contributed by atoms with Gasteiger partial charge in [0.25, 0.3) is 0 Å². The molecule has 1 heterocycles. The van der Waals surface area contributed by atoms with E-state index < -0.39 is 0 Å². The van der Waals surface area contributed by atoms with Gasteiger partial charge in [-0.2, -0.15) is 0 Å². The molecule has 1 nitrogen and oxygen atoms in total. The Balaban J connectivity index is 2.07. The summed E-state index contributed by atoms with van der Waals surface area (Å²) in [5.74, 6) is 0.868. The fourth-order valence-electron chi connectivity index (χ4n) is 2.75. The van der Waals surface area contributed by atoms with Gasteiger partial charge in [0, 0.05) is 12.4 Å². The van der Waals surface area contributed by atoms with Gasteiger partial charge >= 0.3 is 0 Å². The largest absolute Gasteiger partial charge is 0.264 e. The zero-order valence-electron chi connectivity index (χ0n) is 8.59. The highest BCUT2D eigenvalue weighted by Crippen LogP contribution is 2.42. The Labute approximate surface area is 84.9 Å². The Morgan fingerprint density at radius 1 is 1.43 bits per heavy atom. The minimum absolute atomic E-state index is 0.868. The monoisotopic (exact) mass is 185 g/mol. The molecule has 0 aromatic carbocycles. The van der Waals surface area contributed by atoms with Crippen molar-refractivity contribution in [2.24, 2.45) is 5.92 Å². The molecule has 0 amide bonds.